The number of hydrogen-bond donors (Lipinski definition) is 1. The van der Waals surface area contributed by atoms with E-state index < -0.39 is 13.3 Å². The zero-order valence-electron chi connectivity index (χ0n) is 17.3. The molecule has 1 unspecified atom stereocenters. The van der Waals surface area contributed by atoms with Crippen molar-refractivity contribution in [1.29, 1.82) is 0 Å². The van der Waals surface area contributed by atoms with Crippen LogP contribution in [0.3, 0.4) is 0 Å². The van der Waals surface area contributed by atoms with E-state index >= 15 is 0 Å². The average molecular weight is 425 g/mol. The van der Waals surface area contributed by atoms with Gasteiger partial charge in [-0.1, -0.05) is 96.6 Å². The molecule has 31 heavy (non-hydrogen) atoms. The van der Waals surface area contributed by atoms with Gasteiger partial charge in [-0.2, -0.15) is 0 Å². The molecule has 0 aliphatic carbocycles. The normalized spacial score (nSPS) is 12.3. The van der Waals surface area contributed by atoms with Crippen LogP contribution in [0, 0.1) is 6.92 Å². The Kier molecular flexibility index (Phi) is 6.27. The fourth-order valence-electron chi connectivity index (χ4n) is 3.57. The summed E-state index contributed by atoms with van der Waals surface area (Å²) in [6.07, 6.45) is 0. The van der Waals surface area contributed by atoms with Crippen molar-refractivity contribution < 1.29 is 9.36 Å². The summed E-state index contributed by atoms with van der Waals surface area (Å²) in [4.78, 5) is 13.6. The summed E-state index contributed by atoms with van der Waals surface area (Å²) in [5.41, 5.74) is 2.46. The Labute approximate surface area is 183 Å². The molecule has 0 spiro atoms. The van der Waals surface area contributed by atoms with Crippen LogP contribution in [0.5, 0.6) is 0 Å². The maximum Gasteiger partial charge on any atom is 0.205 e. The van der Waals surface area contributed by atoms with Gasteiger partial charge in [-0.05, 0) is 36.8 Å². The van der Waals surface area contributed by atoms with Crippen molar-refractivity contribution >= 4 is 23.7 Å². The molecule has 0 saturated carbocycles. The van der Waals surface area contributed by atoms with Crippen molar-refractivity contribution in [2.45, 2.75) is 13.0 Å². The van der Waals surface area contributed by atoms with Gasteiger partial charge in [-0.3, -0.25) is 9.36 Å². The number of nitrogens with one attached hydrogen (secondary N) is 1. The fourth-order valence-corrected chi connectivity index (χ4v) is 5.98. The Morgan fingerprint density at radius 1 is 0.677 bits per heavy atom. The molecule has 0 radical (unpaired) electrons. The zero-order chi connectivity index (χ0) is 21.7. The molecule has 1 N–H and O–H groups in total. The predicted octanol–water partition coefficient (Wildman–Crippen LogP) is 5.44. The van der Waals surface area contributed by atoms with Crippen molar-refractivity contribution in [1.82, 2.24) is 5.09 Å². The summed E-state index contributed by atoms with van der Waals surface area (Å²) >= 11 is 0. The van der Waals surface area contributed by atoms with E-state index in [1.54, 1.807) is 12.1 Å². The van der Waals surface area contributed by atoms with Crippen LogP contribution < -0.4 is 15.7 Å². The van der Waals surface area contributed by atoms with E-state index in [9.17, 15) is 9.36 Å². The number of ketones is 1. The highest BCUT2D eigenvalue weighted by Gasteiger charge is 2.34. The number of carbonyl (C=O) groups is 1. The van der Waals surface area contributed by atoms with Gasteiger partial charge in [0.25, 0.3) is 0 Å². The van der Waals surface area contributed by atoms with Crippen molar-refractivity contribution in [2.24, 2.45) is 0 Å². The molecule has 0 fully saturated rings. The standard InChI is InChI=1S/C27H24NO2P/c1-21-17-19-22(20-18-21)26(27(29)23-11-5-2-6-12-23)28-31(30,24-13-7-3-8-14-24)25-15-9-4-10-16-25/h2-20,26H,1H3,(H,28,30). The third kappa shape index (κ3) is 4.59. The van der Waals surface area contributed by atoms with E-state index in [0.717, 1.165) is 11.1 Å². The highest BCUT2D eigenvalue weighted by Crippen LogP contribution is 2.42. The summed E-state index contributed by atoms with van der Waals surface area (Å²) in [5, 5.41) is 4.63. The second kappa shape index (κ2) is 9.26. The topological polar surface area (TPSA) is 46.2 Å². The number of hydrogen-bond acceptors (Lipinski definition) is 2. The summed E-state index contributed by atoms with van der Waals surface area (Å²) in [5.74, 6) is -0.114. The largest absolute Gasteiger partial charge is 0.296 e. The molecule has 3 nitrogen and oxygen atoms in total. The number of Topliss-reactive ketones (excluding diaryl/α,β-unsaturated/α-hetero) is 1. The molecule has 4 rings (SSSR count). The molecule has 1 atom stereocenters. The Balaban J connectivity index is 1.84. The minimum absolute atomic E-state index is 0.114. The Bertz CT molecular complexity index is 1150. The highest BCUT2D eigenvalue weighted by atomic mass is 31.2. The summed E-state index contributed by atoms with van der Waals surface area (Å²) < 4.78 is 14.5. The lowest BCUT2D eigenvalue weighted by Crippen LogP contribution is -2.34. The monoisotopic (exact) mass is 425 g/mol. The smallest absolute Gasteiger partial charge is 0.205 e. The Morgan fingerprint density at radius 2 is 1.13 bits per heavy atom. The molecule has 0 aromatic heterocycles. The molecule has 4 heteroatoms. The summed E-state index contributed by atoms with van der Waals surface area (Å²) in [7, 11) is -3.30. The van der Waals surface area contributed by atoms with E-state index in [1.807, 2.05) is 110 Å². The first-order valence-electron chi connectivity index (χ1n) is 10.2. The van der Waals surface area contributed by atoms with Crippen LogP contribution in [0.1, 0.15) is 27.5 Å². The van der Waals surface area contributed by atoms with Crippen LogP contribution in [-0.2, 0) is 4.57 Å². The van der Waals surface area contributed by atoms with Crippen molar-refractivity contribution in [3.8, 4) is 0 Å². The molecule has 154 valence electrons. The number of benzene rings is 4. The van der Waals surface area contributed by atoms with E-state index in [-0.39, 0.29) is 5.78 Å². The van der Waals surface area contributed by atoms with E-state index in [0.29, 0.717) is 16.2 Å². The van der Waals surface area contributed by atoms with Gasteiger partial charge in [-0.15, -0.1) is 0 Å². The lowest BCUT2D eigenvalue weighted by Gasteiger charge is -2.27. The molecular formula is C27H24NO2P. The van der Waals surface area contributed by atoms with Crippen molar-refractivity contribution in [3.63, 3.8) is 0 Å². The second-order valence-corrected chi connectivity index (χ2v) is 9.99. The van der Waals surface area contributed by atoms with E-state index in [1.165, 1.54) is 0 Å². The minimum atomic E-state index is -3.30. The Hall–Kier alpha value is -3.26. The maximum atomic E-state index is 14.5. The SMILES string of the molecule is Cc1ccc(C(NP(=O)(c2ccccc2)c2ccccc2)C(=O)c2ccccc2)cc1. The van der Waals surface area contributed by atoms with Crippen LogP contribution in [-0.4, -0.2) is 5.78 Å². The first-order chi connectivity index (χ1) is 15.1. The van der Waals surface area contributed by atoms with Gasteiger partial charge in [0, 0.05) is 16.2 Å². The number of rotatable bonds is 7. The van der Waals surface area contributed by atoms with Crippen molar-refractivity contribution in [2.75, 3.05) is 0 Å². The molecule has 0 aliphatic rings. The molecule has 0 aliphatic heterocycles. The van der Waals surface area contributed by atoms with Crippen molar-refractivity contribution in [3.05, 3.63) is 132 Å². The molecule has 0 saturated heterocycles. The third-order valence-electron chi connectivity index (χ3n) is 5.28. The van der Waals surface area contributed by atoms with Gasteiger partial charge in [0.1, 0.15) is 6.04 Å². The van der Waals surface area contributed by atoms with Crippen LogP contribution in [0.15, 0.2) is 115 Å². The molecule has 4 aromatic carbocycles. The van der Waals surface area contributed by atoms with Crippen LogP contribution >= 0.6 is 7.29 Å². The summed E-state index contributed by atoms with van der Waals surface area (Å²) in [6, 6.07) is 34.8. The average Bonchev–Trinajstić information content (AvgIpc) is 2.84. The molecule has 0 amide bonds. The molecule has 4 aromatic rings. The number of carbonyl (C=O) groups excluding carboxylic acids is 1. The Morgan fingerprint density at radius 3 is 1.61 bits per heavy atom. The van der Waals surface area contributed by atoms with Crippen LogP contribution in [0.2, 0.25) is 0 Å². The van der Waals surface area contributed by atoms with Crippen LogP contribution in [0.25, 0.3) is 0 Å². The first-order valence-corrected chi connectivity index (χ1v) is 11.9. The van der Waals surface area contributed by atoms with Gasteiger partial charge in [0.15, 0.2) is 5.78 Å². The molecule has 0 heterocycles. The van der Waals surface area contributed by atoms with Gasteiger partial charge < -0.3 is 0 Å². The van der Waals surface area contributed by atoms with Crippen LogP contribution in [0.4, 0.5) is 0 Å². The summed E-state index contributed by atoms with van der Waals surface area (Å²) in [6.45, 7) is 2.00. The van der Waals surface area contributed by atoms with Gasteiger partial charge in [0.2, 0.25) is 7.29 Å². The molecule has 0 bridgehead atoms. The maximum absolute atomic E-state index is 14.5. The fraction of sp³-hybridized carbons (Fsp3) is 0.0741. The first kappa shape index (κ1) is 21.0. The van der Waals surface area contributed by atoms with Gasteiger partial charge in [-0.25, -0.2) is 5.09 Å². The third-order valence-corrected chi connectivity index (χ3v) is 7.95. The predicted molar refractivity (Wildman–Crippen MR) is 128 cm³/mol. The van der Waals surface area contributed by atoms with Gasteiger partial charge >= 0.3 is 0 Å². The molecular weight excluding hydrogens is 401 g/mol. The minimum Gasteiger partial charge on any atom is -0.296 e. The van der Waals surface area contributed by atoms with E-state index in [2.05, 4.69) is 5.09 Å². The quantitative estimate of drug-likeness (QED) is 0.317. The highest BCUT2D eigenvalue weighted by molar-refractivity contribution is 7.77. The lowest BCUT2D eigenvalue weighted by atomic mass is 9.97. The second-order valence-electron chi connectivity index (χ2n) is 7.48. The number of aryl methyl sites for hydroxylation is 1. The van der Waals surface area contributed by atoms with E-state index in [4.69, 9.17) is 0 Å². The zero-order valence-corrected chi connectivity index (χ0v) is 18.2. The lowest BCUT2D eigenvalue weighted by molar-refractivity contribution is 0.0954. The van der Waals surface area contributed by atoms with Gasteiger partial charge in [0.05, 0.1) is 0 Å².